The molecule has 37 heavy (non-hydrogen) atoms. The van der Waals surface area contributed by atoms with Crippen LogP contribution in [0.5, 0.6) is 5.75 Å². The van der Waals surface area contributed by atoms with Crippen molar-refractivity contribution in [3.05, 3.63) is 59.4 Å². The van der Waals surface area contributed by atoms with Gasteiger partial charge in [0.15, 0.2) is 0 Å². The molecule has 6 nitrogen and oxygen atoms in total. The number of alkyl halides is 3. The molecule has 1 N–H and O–H groups in total. The third kappa shape index (κ3) is 5.44. The first kappa shape index (κ1) is 25.5. The second-order valence-corrected chi connectivity index (χ2v) is 10.0. The summed E-state index contributed by atoms with van der Waals surface area (Å²) in [5.41, 5.74) is 1.52. The average molecular weight is 521 g/mol. The highest BCUT2D eigenvalue weighted by atomic mass is 19.4. The highest BCUT2D eigenvalue weighted by Crippen LogP contribution is 2.53. The van der Waals surface area contributed by atoms with E-state index in [9.17, 15) is 27.2 Å². The van der Waals surface area contributed by atoms with Crippen molar-refractivity contribution in [2.24, 2.45) is 5.92 Å². The van der Waals surface area contributed by atoms with Gasteiger partial charge in [0.25, 0.3) is 5.91 Å². The van der Waals surface area contributed by atoms with Gasteiger partial charge in [-0.2, -0.15) is 0 Å². The maximum atomic E-state index is 14.6. The molecule has 2 aliphatic carbocycles. The summed E-state index contributed by atoms with van der Waals surface area (Å²) < 4.78 is 56.2. The Morgan fingerprint density at radius 3 is 2.43 bits per heavy atom. The first-order valence-corrected chi connectivity index (χ1v) is 12.6. The van der Waals surface area contributed by atoms with Crippen molar-refractivity contribution in [3.63, 3.8) is 0 Å². The molecule has 1 amide bonds. The quantitative estimate of drug-likeness (QED) is 0.438. The van der Waals surface area contributed by atoms with E-state index in [0.717, 1.165) is 44.2 Å². The van der Waals surface area contributed by atoms with E-state index in [1.165, 1.54) is 24.3 Å². The number of carboxylic acid groups (broad SMARTS) is 1. The van der Waals surface area contributed by atoms with Crippen molar-refractivity contribution < 1.29 is 37.0 Å². The summed E-state index contributed by atoms with van der Waals surface area (Å²) in [6.45, 7) is 0.579. The van der Waals surface area contributed by atoms with Crippen molar-refractivity contribution in [2.45, 2.75) is 69.4 Å². The smallest absolute Gasteiger partial charge is 0.481 e. The van der Waals surface area contributed by atoms with Crippen molar-refractivity contribution in [1.29, 1.82) is 0 Å². The zero-order valence-electron chi connectivity index (χ0n) is 20.1. The van der Waals surface area contributed by atoms with Crippen LogP contribution in [0, 0.1) is 11.7 Å². The predicted octanol–water partition coefficient (Wildman–Crippen LogP) is 5.92. The van der Waals surface area contributed by atoms with Gasteiger partial charge in [0.2, 0.25) is 0 Å². The van der Waals surface area contributed by atoms with Crippen LogP contribution >= 0.6 is 0 Å². The lowest BCUT2D eigenvalue weighted by Gasteiger charge is -2.48. The number of carboxylic acids is 1. The van der Waals surface area contributed by atoms with Crippen molar-refractivity contribution >= 4 is 17.6 Å². The SMILES string of the molecule is O=C(O)CCCN(C1CC1)[C@H]1c2cc(F)ccc2N(C(=O)c2ccc(OC(F)(F)F)cc2)[C@@H]2CCC[C@@H]21. The number of anilines is 1. The summed E-state index contributed by atoms with van der Waals surface area (Å²) in [4.78, 5) is 28.9. The van der Waals surface area contributed by atoms with Crippen LogP contribution in [0.2, 0.25) is 0 Å². The van der Waals surface area contributed by atoms with E-state index in [4.69, 9.17) is 5.11 Å². The fourth-order valence-corrected chi connectivity index (χ4v) is 6.04. The Morgan fingerprint density at radius 2 is 1.78 bits per heavy atom. The first-order valence-electron chi connectivity index (χ1n) is 12.6. The molecule has 0 unspecified atom stereocenters. The average Bonchev–Trinajstić information content (AvgIpc) is 3.56. The number of carbonyl (C=O) groups excluding carboxylic acids is 1. The molecule has 2 saturated carbocycles. The molecular weight excluding hydrogens is 492 g/mol. The number of hydrogen-bond acceptors (Lipinski definition) is 4. The lowest BCUT2D eigenvalue weighted by atomic mass is 9.81. The molecule has 1 aliphatic heterocycles. The second kappa shape index (κ2) is 9.96. The lowest BCUT2D eigenvalue weighted by Crippen LogP contribution is -2.52. The summed E-state index contributed by atoms with van der Waals surface area (Å²) in [7, 11) is 0. The van der Waals surface area contributed by atoms with Gasteiger partial charge in [-0.3, -0.25) is 14.5 Å². The number of nitrogens with zero attached hydrogens (tertiary/aromatic N) is 2. The van der Waals surface area contributed by atoms with E-state index < -0.39 is 23.9 Å². The van der Waals surface area contributed by atoms with Crippen LogP contribution in [0.25, 0.3) is 0 Å². The summed E-state index contributed by atoms with van der Waals surface area (Å²) in [6, 6.07) is 9.27. The minimum atomic E-state index is -4.83. The molecule has 0 saturated heterocycles. The Morgan fingerprint density at radius 1 is 1.05 bits per heavy atom. The van der Waals surface area contributed by atoms with Gasteiger partial charge in [0.1, 0.15) is 11.6 Å². The number of rotatable bonds is 8. The summed E-state index contributed by atoms with van der Waals surface area (Å²) in [5.74, 6) is -2.00. The van der Waals surface area contributed by atoms with E-state index in [1.54, 1.807) is 11.0 Å². The van der Waals surface area contributed by atoms with E-state index in [2.05, 4.69) is 9.64 Å². The Kier molecular flexibility index (Phi) is 6.87. The zero-order chi connectivity index (χ0) is 26.3. The fraction of sp³-hybridized carbons (Fsp3) is 0.481. The van der Waals surface area contributed by atoms with Crippen LogP contribution in [0.1, 0.15) is 66.9 Å². The van der Waals surface area contributed by atoms with Crippen LogP contribution in [0.4, 0.5) is 23.2 Å². The summed E-state index contributed by atoms with van der Waals surface area (Å²) in [6.07, 6.45) is 0.199. The van der Waals surface area contributed by atoms with Crippen molar-refractivity contribution in [3.8, 4) is 5.75 Å². The fourth-order valence-electron chi connectivity index (χ4n) is 6.04. The summed E-state index contributed by atoms with van der Waals surface area (Å²) >= 11 is 0. The predicted molar refractivity (Wildman–Crippen MR) is 127 cm³/mol. The molecule has 0 aromatic heterocycles. The van der Waals surface area contributed by atoms with Gasteiger partial charge in [-0.25, -0.2) is 4.39 Å². The molecule has 0 bridgehead atoms. The topological polar surface area (TPSA) is 70.1 Å². The van der Waals surface area contributed by atoms with Gasteiger partial charge in [0.05, 0.1) is 0 Å². The molecule has 2 fully saturated rings. The highest BCUT2D eigenvalue weighted by molar-refractivity contribution is 6.07. The zero-order valence-corrected chi connectivity index (χ0v) is 20.1. The van der Waals surface area contributed by atoms with Crippen LogP contribution in [-0.4, -0.2) is 46.9 Å². The number of halogens is 4. The van der Waals surface area contributed by atoms with Crippen molar-refractivity contribution in [1.82, 2.24) is 4.90 Å². The van der Waals surface area contributed by atoms with Crippen LogP contribution in [-0.2, 0) is 4.79 Å². The van der Waals surface area contributed by atoms with Gasteiger partial charge in [-0.1, -0.05) is 6.42 Å². The number of amides is 1. The van der Waals surface area contributed by atoms with E-state index in [1.807, 2.05) is 0 Å². The van der Waals surface area contributed by atoms with Crippen molar-refractivity contribution in [2.75, 3.05) is 11.4 Å². The number of hydrogen-bond donors (Lipinski definition) is 1. The highest BCUT2D eigenvalue weighted by Gasteiger charge is 2.50. The van der Waals surface area contributed by atoms with Crippen LogP contribution < -0.4 is 9.64 Å². The maximum absolute atomic E-state index is 14.6. The minimum absolute atomic E-state index is 0.0384. The van der Waals surface area contributed by atoms with Gasteiger partial charge in [0, 0.05) is 35.8 Å². The Labute approximate surface area is 211 Å². The number of ether oxygens (including phenoxy) is 1. The molecule has 3 aliphatic rings. The number of carbonyl (C=O) groups is 2. The Hall–Kier alpha value is -3.14. The van der Waals surface area contributed by atoms with Gasteiger partial charge >= 0.3 is 12.3 Å². The van der Waals surface area contributed by atoms with E-state index in [0.29, 0.717) is 30.3 Å². The van der Waals surface area contributed by atoms with Gasteiger partial charge in [-0.05, 0) is 92.6 Å². The monoisotopic (exact) mass is 520 g/mol. The molecule has 198 valence electrons. The molecular formula is C27H28F4N2O4. The minimum Gasteiger partial charge on any atom is -0.481 e. The third-order valence-corrected chi connectivity index (χ3v) is 7.57. The van der Waals surface area contributed by atoms with E-state index in [-0.39, 0.29) is 35.9 Å². The Balaban J connectivity index is 1.49. The Bertz CT molecular complexity index is 1170. The van der Waals surface area contributed by atoms with Gasteiger partial charge < -0.3 is 14.7 Å². The summed E-state index contributed by atoms with van der Waals surface area (Å²) in [5, 5.41) is 9.14. The van der Waals surface area contributed by atoms with Gasteiger partial charge in [-0.15, -0.1) is 13.2 Å². The second-order valence-electron chi connectivity index (χ2n) is 10.0. The number of aliphatic carboxylic acids is 1. The third-order valence-electron chi connectivity index (χ3n) is 7.57. The first-order chi connectivity index (χ1) is 17.6. The molecule has 2 aromatic rings. The maximum Gasteiger partial charge on any atom is 0.573 e. The molecule has 5 rings (SSSR count). The normalized spacial score (nSPS) is 23.1. The molecule has 0 radical (unpaired) electrons. The molecule has 1 heterocycles. The molecule has 3 atom stereocenters. The molecule has 2 aromatic carbocycles. The molecule has 0 spiro atoms. The lowest BCUT2D eigenvalue weighted by molar-refractivity contribution is -0.274. The van der Waals surface area contributed by atoms with Crippen LogP contribution in [0.3, 0.4) is 0 Å². The standard InChI is InChI=1S/C27H28F4N2O4/c28-17-8-13-23-21(15-17)25(32(18-9-10-18)14-2-5-24(34)35)20-3-1-4-22(20)33(23)26(36)16-6-11-19(12-7-16)37-27(29,30)31/h6-8,11-13,15,18,20,22,25H,1-5,9-10,14H2,(H,34,35)/t20-,22+,25+/m0/s1. The van der Waals surface area contributed by atoms with Crippen LogP contribution in [0.15, 0.2) is 42.5 Å². The largest absolute Gasteiger partial charge is 0.573 e. The van der Waals surface area contributed by atoms with E-state index >= 15 is 0 Å². The number of benzene rings is 2. The number of fused-ring (bicyclic) bond motifs is 2. The molecule has 10 heteroatoms.